The fourth-order valence-corrected chi connectivity index (χ4v) is 2.47. The predicted molar refractivity (Wildman–Crippen MR) is 72.1 cm³/mol. The van der Waals surface area contributed by atoms with Gasteiger partial charge in [-0.15, -0.1) is 0 Å². The van der Waals surface area contributed by atoms with Crippen molar-refractivity contribution in [3.8, 4) is 0 Å². The highest BCUT2D eigenvalue weighted by Gasteiger charge is 2.46. The van der Waals surface area contributed by atoms with Gasteiger partial charge in [0.25, 0.3) is 0 Å². The number of amides is 2. The Hall–Kier alpha value is -2.17. The second-order valence-electron chi connectivity index (χ2n) is 5.31. The molecule has 2 rings (SSSR count). The quantitative estimate of drug-likeness (QED) is 0.672. The molecule has 5 heteroatoms. The molecule has 5 nitrogen and oxygen atoms in total. The van der Waals surface area contributed by atoms with E-state index in [0.29, 0.717) is 5.56 Å². The van der Waals surface area contributed by atoms with E-state index in [1.165, 1.54) is 7.11 Å². The molecule has 1 aliphatic heterocycles. The first-order chi connectivity index (χ1) is 9.38. The normalized spacial score (nSPS) is 23.4. The Balaban J connectivity index is 2.25. The van der Waals surface area contributed by atoms with E-state index in [1.54, 1.807) is 31.2 Å². The maximum Gasteiger partial charge on any atom is 0.337 e. The number of imide groups is 1. The maximum absolute atomic E-state index is 11.9. The van der Waals surface area contributed by atoms with Crippen LogP contribution in [0.4, 0.5) is 0 Å². The maximum atomic E-state index is 11.9. The standard InChI is InChI=1S/C15H17NO4/c1-9(15(2)8-12(17)16-14(15)19)10-4-6-11(7-5-10)13(18)20-3/h4-7,9H,8H2,1-3H3,(H,16,17,19)/t9-,15+/m1/s1. The molecule has 1 aromatic rings. The van der Waals surface area contributed by atoms with Gasteiger partial charge in [-0.05, 0) is 30.5 Å². The Labute approximate surface area is 117 Å². The molecule has 20 heavy (non-hydrogen) atoms. The Morgan fingerprint density at radius 1 is 1.30 bits per heavy atom. The van der Waals surface area contributed by atoms with Gasteiger partial charge in [-0.1, -0.05) is 19.1 Å². The first kappa shape index (κ1) is 14.2. The number of hydrogen-bond acceptors (Lipinski definition) is 4. The van der Waals surface area contributed by atoms with Gasteiger partial charge in [-0.2, -0.15) is 0 Å². The molecule has 1 saturated heterocycles. The van der Waals surface area contributed by atoms with Crippen LogP contribution in [0.25, 0.3) is 0 Å². The number of esters is 1. The summed E-state index contributed by atoms with van der Waals surface area (Å²) in [5.41, 5.74) is 0.620. The molecular weight excluding hydrogens is 258 g/mol. The predicted octanol–water partition coefficient (Wildman–Crippen LogP) is 1.63. The first-order valence-electron chi connectivity index (χ1n) is 6.41. The van der Waals surface area contributed by atoms with Crippen LogP contribution >= 0.6 is 0 Å². The second-order valence-corrected chi connectivity index (χ2v) is 5.31. The van der Waals surface area contributed by atoms with E-state index in [2.05, 4.69) is 10.1 Å². The number of benzene rings is 1. The Morgan fingerprint density at radius 2 is 1.90 bits per heavy atom. The minimum atomic E-state index is -0.746. The summed E-state index contributed by atoms with van der Waals surface area (Å²) in [5, 5.41) is 2.34. The molecule has 0 bridgehead atoms. The molecular formula is C15H17NO4. The van der Waals surface area contributed by atoms with E-state index in [9.17, 15) is 14.4 Å². The topological polar surface area (TPSA) is 72.5 Å². The molecule has 2 amide bonds. The summed E-state index contributed by atoms with van der Waals surface area (Å²) in [7, 11) is 1.33. The van der Waals surface area contributed by atoms with Crippen molar-refractivity contribution in [2.45, 2.75) is 26.2 Å². The van der Waals surface area contributed by atoms with Gasteiger partial charge < -0.3 is 4.74 Å². The lowest BCUT2D eigenvalue weighted by Gasteiger charge is -2.28. The average molecular weight is 275 g/mol. The summed E-state index contributed by atoms with van der Waals surface area (Å²) in [6.45, 7) is 3.69. The third-order valence-electron chi connectivity index (χ3n) is 4.09. The number of ether oxygens (including phenoxy) is 1. The summed E-state index contributed by atoms with van der Waals surface area (Å²) >= 11 is 0. The van der Waals surface area contributed by atoms with Crippen molar-refractivity contribution in [3.05, 3.63) is 35.4 Å². The van der Waals surface area contributed by atoms with Crippen LogP contribution in [0.5, 0.6) is 0 Å². The van der Waals surface area contributed by atoms with Crippen molar-refractivity contribution in [1.82, 2.24) is 5.32 Å². The van der Waals surface area contributed by atoms with Gasteiger partial charge >= 0.3 is 5.97 Å². The van der Waals surface area contributed by atoms with Crippen molar-refractivity contribution in [2.24, 2.45) is 5.41 Å². The fourth-order valence-electron chi connectivity index (χ4n) is 2.47. The lowest BCUT2D eigenvalue weighted by Crippen LogP contribution is -2.33. The van der Waals surface area contributed by atoms with E-state index in [1.807, 2.05) is 6.92 Å². The second kappa shape index (κ2) is 5.07. The van der Waals surface area contributed by atoms with Crippen LogP contribution in [-0.4, -0.2) is 24.9 Å². The van der Waals surface area contributed by atoms with Crippen LogP contribution in [0.15, 0.2) is 24.3 Å². The van der Waals surface area contributed by atoms with E-state index < -0.39 is 11.4 Å². The van der Waals surface area contributed by atoms with Crippen LogP contribution < -0.4 is 5.32 Å². The third kappa shape index (κ3) is 2.31. The average Bonchev–Trinajstić information content (AvgIpc) is 2.71. The lowest BCUT2D eigenvalue weighted by molar-refractivity contribution is -0.128. The third-order valence-corrected chi connectivity index (χ3v) is 4.09. The van der Waals surface area contributed by atoms with Crippen LogP contribution in [0.3, 0.4) is 0 Å². The van der Waals surface area contributed by atoms with Crippen molar-refractivity contribution in [1.29, 1.82) is 0 Å². The molecule has 1 N–H and O–H groups in total. The van der Waals surface area contributed by atoms with E-state index >= 15 is 0 Å². The molecule has 2 atom stereocenters. The number of methoxy groups -OCH3 is 1. The van der Waals surface area contributed by atoms with Crippen molar-refractivity contribution < 1.29 is 19.1 Å². The molecule has 0 saturated carbocycles. The van der Waals surface area contributed by atoms with Gasteiger partial charge in [-0.3, -0.25) is 14.9 Å². The van der Waals surface area contributed by atoms with Crippen molar-refractivity contribution >= 4 is 17.8 Å². The van der Waals surface area contributed by atoms with Gasteiger partial charge in [0.2, 0.25) is 11.8 Å². The highest BCUT2D eigenvalue weighted by molar-refractivity contribution is 6.06. The first-order valence-corrected chi connectivity index (χ1v) is 6.41. The smallest absolute Gasteiger partial charge is 0.337 e. The zero-order valence-corrected chi connectivity index (χ0v) is 11.7. The lowest BCUT2D eigenvalue weighted by atomic mass is 9.73. The van der Waals surface area contributed by atoms with E-state index in [-0.39, 0.29) is 24.2 Å². The summed E-state index contributed by atoms with van der Waals surface area (Å²) < 4.78 is 4.64. The molecule has 1 aliphatic rings. The fraction of sp³-hybridized carbons (Fsp3) is 0.400. The van der Waals surface area contributed by atoms with Crippen LogP contribution in [0, 0.1) is 5.41 Å². The number of nitrogens with one attached hydrogen (secondary N) is 1. The molecule has 0 unspecified atom stereocenters. The molecule has 1 fully saturated rings. The zero-order chi connectivity index (χ0) is 14.9. The van der Waals surface area contributed by atoms with Crippen LogP contribution in [-0.2, 0) is 14.3 Å². The minimum Gasteiger partial charge on any atom is -0.465 e. The summed E-state index contributed by atoms with van der Waals surface area (Å²) in [5.74, 6) is -1.01. The van der Waals surface area contributed by atoms with Crippen LogP contribution in [0.1, 0.15) is 42.1 Å². The molecule has 0 aromatic heterocycles. The highest BCUT2D eigenvalue weighted by atomic mass is 16.5. The Bertz CT molecular complexity index is 564. The molecule has 0 radical (unpaired) electrons. The van der Waals surface area contributed by atoms with Crippen molar-refractivity contribution in [2.75, 3.05) is 7.11 Å². The van der Waals surface area contributed by atoms with Gasteiger partial charge in [0.15, 0.2) is 0 Å². The molecule has 0 aliphatic carbocycles. The van der Waals surface area contributed by atoms with Crippen molar-refractivity contribution in [3.63, 3.8) is 0 Å². The van der Waals surface area contributed by atoms with Crippen LogP contribution in [0.2, 0.25) is 0 Å². The van der Waals surface area contributed by atoms with Gasteiger partial charge in [0.1, 0.15) is 0 Å². The summed E-state index contributed by atoms with van der Waals surface area (Å²) in [6, 6.07) is 6.90. The monoisotopic (exact) mass is 275 g/mol. The Kier molecular flexibility index (Phi) is 3.61. The number of hydrogen-bond donors (Lipinski definition) is 1. The highest BCUT2D eigenvalue weighted by Crippen LogP contribution is 2.41. The molecule has 0 spiro atoms. The van der Waals surface area contributed by atoms with Gasteiger partial charge in [-0.25, -0.2) is 4.79 Å². The molecule has 1 heterocycles. The summed E-state index contributed by atoms with van der Waals surface area (Å²) in [4.78, 5) is 34.7. The number of carbonyl (C=O) groups is 3. The van der Waals surface area contributed by atoms with Gasteiger partial charge in [0, 0.05) is 6.42 Å². The summed E-state index contributed by atoms with van der Waals surface area (Å²) in [6.07, 6.45) is 0.186. The van der Waals surface area contributed by atoms with E-state index in [0.717, 1.165) is 5.56 Å². The largest absolute Gasteiger partial charge is 0.465 e. The minimum absolute atomic E-state index is 0.124. The SMILES string of the molecule is COC(=O)c1ccc([C@@H](C)[C@]2(C)CC(=O)NC2=O)cc1. The molecule has 1 aromatic carbocycles. The number of rotatable bonds is 3. The zero-order valence-electron chi connectivity index (χ0n) is 11.7. The Morgan fingerprint density at radius 3 is 2.35 bits per heavy atom. The van der Waals surface area contributed by atoms with E-state index in [4.69, 9.17) is 0 Å². The van der Waals surface area contributed by atoms with Gasteiger partial charge in [0.05, 0.1) is 18.1 Å². The molecule has 106 valence electrons. The number of carbonyl (C=O) groups excluding carboxylic acids is 3.